The van der Waals surface area contributed by atoms with Gasteiger partial charge in [-0.05, 0) is 18.1 Å². The lowest BCUT2D eigenvalue weighted by Crippen LogP contribution is -2.25. The van der Waals surface area contributed by atoms with Gasteiger partial charge in [-0.2, -0.15) is 4.31 Å². The first-order chi connectivity index (χ1) is 8.98. The van der Waals surface area contributed by atoms with Crippen molar-refractivity contribution in [3.05, 3.63) is 41.1 Å². The summed E-state index contributed by atoms with van der Waals surface area (Å²) in [6, 6.07) is 7.76. The number of aryl methyl sites for hydroxylation is 1. The van der Waals surface area contributed by atoms with E-state index in [4.69, 9.17) is 5.73 Å². The molecule has 0 fully saturated rings. The SMILES string of the molecule is Cc1nc(N)sc1S(=O)(=O)N1Cc2ccccc2C1. The lowest BCUT2D eigenvalue weighted by atomic mass is 10.1. The lowest BCUT2D eigenvalue weighted by Gasteiger charge is -2.14. The maximum absolute atomic E-state index is 12.6. The van der Waals surface area contributed by atoms with Crippen LogP contribution in [0, 0.1) is 6.92 Å². The van der Waals surface area contributed by atoms with E-state index in [1.54, 1.807) is 6.92 Å². The van der Waals surface area contributed by atoms with Crippen LogP contribution in [-0.2, 0) is 23.1 Å². The summed E-state index contributed by atoms with van der Waals surface area (Å²) < 4.78 is 26.9. The normalized spacial score (nSPS) is 15.6. The number of thiazole rings is 1. The third-order valence-electron chi connectivity index (χ3n) is 3.16. The molecule has 1 aliphatic rings. The first-order valence-corrected chi connectivity index (χ1v) is 8.04. The molecule has 0 spiro atoms. The van der Waals surface area contributed by atoms with Gasteiger partial charge in [0.1, 0.15) is 0 Å². The van der Waals surface area contributed by atoms with Gasteiger partial charge in [-0.3, -0.25) is 0 Å². The average molecular weight is 295 g/mol. The molecule has 7 heteroatoms. The summed E-state index contributed by atoms with van der Waals surface area (Å²) in [5.41, 5.74) is 8.17. The van der Waals surface area contributed by atoms with Gasteiger partial charge in [-0.25, -0.2) is 13.4 Å². The molecule has 5 nitrogen and oxygen atoms in total. The molecule has 1 aromatic heterocycles. The Morgan fingerprint density at radius 3 is 2.32 bits per heavy atom. The van der Waals surface area contributed by atoms with Crippen molar-refractivity contribution < 1.29 is 8.42 Å². The highest BCUT2D eigenvalue weighted by Crippen LogP contribution is 2.33. The second kappa shape index (κ2) is 4.29. The fourth-order valence-corrected chi connectivity index (χ4v) is 5.06. The number of benzene rings is 1. The molecule has 0 atom stereocenters. The molecule has 19 heavy (non-hydrogen) atoms. The van der Waals surface area contributed by atoms with Crippen LogP contribution in [0.5, 0.6) is 0 Å². The summed E-state index contributed by atoms with van der Waals surface area (Å²) in [4.78, 5) is 3.99. The molecule has 100 valence electrons. The highest BCUT2D eigenvalue weighted by molar-refractivity contribution is 7.91. The fourth-order valence-electron chi connectivity index (χ4n) is 2.23. The van der Waals surface area contributed by atoms with Crippen molar-refractivity contribution in [2.24, 2.45) is 0 Å². The minimum Gasteiger partial charge on any atom is -0.375 e. The van der Waals surface area contributed by atoms with Crippen molar-refractivity contribution in [3.8, 4) is 0 Å². The molecule has 0 saturated heterocycles. The molecule has 2 aromatic rings. The van der Waals surface area contributed by atoms with Crippen LogP contribution in [0.15, 0.2) is 28.5 Å². The number of rotatable bonds is 2. The molecule has 0 unspecified atom stereocenters. The van der Waals surface area contributed by atoms with Crippen LogP contribution < -0.4 is 5.73 Å². The highest BCUT2D eigenvalue weighted by Gasteiger charge is 2.33. The van der Waals surface area contributed by atoms with Crippen molar-refractivity contribution in [2.75, 3.05) is 5.73 Å². The number of anilines is 1. The third kappa shape index (κ3) is 2.03. The zero-order valence-electron chi connectivity index (χ0n) is 10.3. The van der Waals surface area contributed by atoms with Crippen LogP contribution >= 0.6 is 11.3 Å². The predicted molar refractivity (Wildman–Crippen MR) is 74.1 cm³/mol. The zero-order valence-corrected chi connectivity index (χ0v) is 12.0. The Kier molecular flexibility index (Phi) is 2.84. The first kappa shape index (κ1) is 12.6. The smallest absolute Gasteiger partial charge is 0.255 e. The molecule has 0 radical (unpaired) electrons. The molecule has 0 saturated carbocycles. The van der Waals surface area contributed by atoms with Crippen LogP contribution in [0.25, 0.3) is 0 Å². The van der Waals surface area contributed by atoms with Crippen molar-refractivity contribution in [1.29, 1.82) is 0 Å². The van der Waals surface area contributed by atoms with Gasteiger partial charge >= 0.3 is 0 Å². The van der Waals surface area contributed by atoms with Crippen molar-refractivity contribution in [1.82, 2.24) is 9.29 Å². The molecule has 1 aromatic carbocycles. The number of sulfonamides is 1. The maximum atomic E-state index is 12.6. The van der Waals surface area contributed by atoms with Crippen molar-refractivity contribution >= 4 is 26.5 Å². The monoisotopic (exact) mass is 295 g/mol. The van der Waals surface area contributed by atoms with E-state index in [1.165, 1.54) is 4.31 Å². The number of nitrogen functional groups attached to an aromatic ring is 1. The fraction of sp³-hybridized carbons (Fsp3) is 0.250. The van der Waals surface area contributed by atoms with E-state index in [-0.39, 0.29) is 9.34 Å². The Hall–Kier alpha value is -1.44. The Bertz CT molecular complexity index is 712. The number of hydrogen-bond donors (Lipinski definition) is 1. The van der Waals surface area contributed by atoms with Crippen molar-refractivity contribution in [3.63, 3.8) is 0 Å². The van der Waals surface area contributed by atoms with Crippen molar-refractivity contribution in [2.45, 2.75) is 24.2 Å². The van der Waals surface area contributed by atoms with Crippen LogP contribution in [-0.4, -0.2) is 17.7 Å². The summed E-state index contributed by atoms with van der Waals surface area (Å²) in [6.45, 7) is 2.49. The number of hydrogen-bond acceptors (Lipinski definition) is 5. The second-order valence-corrected chi connectivity index (χ2v) is 7.63. The molecule has 0 aliphatic carbocycles. The number of fused-ring (bicyclic) bond motifs is 1. The van der Waals surface area contributed by atoms with E-state index in [1.807, 2.05) is 24.3 Å². The molecule has 1 aliphatic heterocycles. The first-order valence-electron chi connectivity index (χ1n) is 5.78. The molecule has 3 rings (SSSR count). The molecule has 0 bridgehead atoms. The van der Waals surface area contributed by atoms with Crippen LogP contribution in [0.3, 0.4) is 0 Å². The Balaban J connectivity index is 1.98. The van der Waals surface area contributed by atoms with E-state index in [2.05, 4.69) is 4.98 Å². The van der Waals surface area contributed by atoms with Gasteiger partial charge in [0.05, 0.1) is 5.69 Å². The summed E-state index contributed by atoms with van der Waals surface area (Å²) >= 11 is 1.02. The zero-order chi connectivity index (χ0) is 13.6. The number of nitrogens with zero attached hydrogens (tertiary/aromatic N) is 2. The minimum atomic E-state index is -3.51. The minimum absolute atomic E-state index is 0.248. The summed E-state index contributed by atoms with van der Waals surface area (Å²) in [5, 5.41) is 0.285. The van der Waals surface area contributed by atoms with E-state index >= 15 is 0 Å². The Labute approximate surface area is 115 Å². The molecule has 2 heterocycles. The number of aromatic nitrogens is 1. The molecular weight excluding hydrogens is 282 g/mol. The van der Waals surface area contributed by atoms with Gasteiger partial charge in [-0.15, -0.1) is 0 Å². The molecular formula is C12H13N3O2S2. The Morgan fingerprint density at radius 2 is 1.84 bits per heavy atom. The standard InChI is InChI=1S/C12H13N3O2S2/c1-8-11(18-12(13)14-8)19(16,17)15-6-9-4-2-3-5-10(9)7-15/h2-5H,6-7H2,1H3,(H2,13,14). The average Bonchev–Trinajstić information content (AvgIpc) is 2.92. The Morgan fingerprint density at radius 1 is 1.26 bits per heavy atom. The highest BCUT2D eigenvalue weighted by atomic mass is 32.2. The van der Waals surface area contributed by atoms with Crippen LogP contribution in [0.4, 0.5) is 5.13 Å². The van der Waals surface area contributed by atoms with Crippen LogP contribution in [0.2, 0.25) is 0 Å². The summed E-state index contributed by atoms with van der Waals surface area (Å²) in [7, 11) is -3.51. The van der Waals surface area contributed by atoms with Gasteiger partial charge in [0.2, 0.25) is 0 Å². The molecule has 0 amide bonds. The van der Waals surface area contributed by atoms with Gasteiger partial charge in [0.15, 0.2) is 9.34 Å². The van der Waals surface area contributed by atoms with Crippen LogP contribution in [0.1, 0.15) is 16.8 Å². The van der Waals surface area contributed by atoms with E-state index < -0.39 is 10.0 Å². The van der Waals surface area contributed by atoms with E-state index in [0.29, 0.717) is 18.8 Å². The lowest BCUT2D eigenvalue weighted by molar-refractivity contribution is 0.432. The van der Waals surface area contributed by atoms with Gasteiger partial charge < -0.3 is 5.73 Å². The van der Waals surface area contributed by atoms with E-state index in [9.17, 15) is 8.42 Å². The predicted octanol–water partition coefficient (Wildman–Crippen LogP) is 1.74. The molecule has 2 N–H and O–H groups in total. The third-order valence-corrected chi connectivity index (χ3v) is 6.52. The quantitative estimate of drug-likeness (QED) is 0.915. The van der Waals surface area contributed by atoms with E-state index in [0.717, 1.165) is 22.5 Å². The summed E-state index contributed by atoms with van der Waals surface area (Å²) in [5.74, 6) is 0. The number of nitrogens with two attached hydrogens (primary N) is 1. The topological polar surface area (TPSA) is 76.3 Å². The van der Waals surface area contributed by atoms with Gasteiger partial charge in [-0.1, -0.05) is 35.6 Å². The summed E-state index contributed by atoms with van der Waals surface area (Å²) in [6.07, 6.45) is 0. The largest absolute Gasteiger partial charge is 0.375 e. The van der Waals surface area contributed by atoms with Gasteiger partial charge in [0, 0.05) is 13.1 Å². The second-order valence-electron chi connectivity index (χ2n) is 4.47. The maximum Gasteiger partial charge on any atom is 0.255 e. The van der Waals surface area contributed by atoms with Gasteiger partial charge in [0.25, 0.3) is 10.0 Å².